The molecule has 122 valence electrons. The van der Waals surface area contributed by atoms with Crippen molar-refractivity contribution in [3.05, 3.63) is 59.2 Å². The molecular weight excluding hydrogens is 308 g/mol. The second kappa shape index (κ2) is 7.29. The van der Waals surface area contributed by atoms with Crippen LogP contribution in [-0.4, -0.2) is 23.1 Å². The Labute approximate surface area is 139 Å². The van der Waals surface area contributed by atoms with E-state index in [0.717, 1.165) is 0 Å². The SMILES string of the molecule is Cc1cccc(C(=O)OC(C)C(=O)Nc2cccc(C#N)c2)c1O. The van der Waals surface area contributed by atoms with Crippen molar-refractivity contribution < 1.29 is 19.4 Å². The highest BCUT2D eigenvalue weighted by molar-refractivity contribution is 5.98. The summed E-state index contributed by atoms with van der Waals surface area (Å²) >= 11 is 0. The van der Waals surface area contributed by atoms with Crippen LogP contribution in [-0.2, 0) is 9.53 Å². The molecule has 0 fully saturated rings. The minimum atomic E-state index is -1.07. The first kappa shape index (κ1) is 17.0. The number of benzene rings is 2. The first-order valence-electron chi connectivity index (χ1n) is 7.23. The zero-order chi connectivity index (χ0) is 17.7. The number of anilines is 1. The van der Waals surface area contributed by atoms with Crippen LogP contribution < -0.4 is 5.32 Å². The lowest BCUT2D eigenvalue weighted by molar-refractivity contribution is -0.123. The van der Waals surface area contributed by atoms with E-state index in [1.807, 2.05) is 6.07 Å². The van der Waals surface area contributed by atoms with Gasteiger partial charge in [-0.1, -0.05) is 18.2 Å². The number of ether oxygens (including phenoxy) is 1. The van der Waals surface area contributed by atoms with Crippen LogP contribution >= 0.6 is 0 Å². The van der Waals surface area contributed by atoms with Gasteiger partial charge in [-0.05, 0) is 43.7 Å². The fraction of sp³-hybridized carbons (Fsp3) is 0.167. The number of amides is 1. The van der Waals surface area contributed by atoms with Gasteiger partial charge in [-0.2, -0.15) is 5.26 Å². The summed E-state index contributed by atoms with van der Waals surface area (Å²) in [4.78, 5) is 24.2. The molecule has 2 N–H and O–H groups in total. The predicted molar refractivity (Wildman–Crippen MR) is 87.5 cm³/mol. The third-order valence-corrected chi connectivity index (χ3v) is 3.37. The number of nitrogens with one attached hydrogen (secondary N) is 1. The average Bonchev–Trinajstić information content (AvgIpc) is 2.57. The molecule has 0 saturated heterocycles. The number of hydrogen-bond donors (Lipinski definition) is 2. The number of nitrogens with zero attached hydrogens (tertiary/aromatic N) is 1. The van der Waals surface area contributed by atoms with Gasteiger partial charge in [0.05, 0.1) is 11.6 Å². The molecule has 1 atom stereocenters. The lowest BCUT2D eigenvalue weighted by atomic mass is 10.1. The molecule has 0 heterocycles. The summed E-state index contributed by atoms with van der Waals surface area (Å²) in [6, 6.07) is 13.0. The van der Waals surface area contributed by atoms with Crippen molar-refractivity contribution in [2.24, 2.45) is 0 Å². The van der Waals surface area contributed by atoms with Crippen LogP contribution in [0.25, 0.3) is 0 Å². The van der Waals surface area contributed by atoms with E-state index < -0.39 is 18.0 Å². The number of esters is 1. The maximum absolute atomic E-state index is 12.1. The molecule has 2 aromatic carbocycles. The number of para-hydroxylation sites is 1. The molecule has 0 aliphatic rings. The summed E-state index contributed by atoms with van der Waals surface area (Å²) in [7, 11) is 0. The van der Waals surface area contributed by atoms with E-state index in [4.69, 9.17) is 10.00 Å². The van der Waals surface area contributed by atoms with Gasteiger partial charge in [-0.3, -0.25) is 4.79 Å². The van der Waals surface area contributed by atoms with E-state index in [-0.39, 0.29) is 11.3 Å². The van der Waals surface area contributed by atoms with Crippen LogP contribution in [0.1, 0.15) is 28.4 Å². The summed E-state index contributed by atoms with van der Waals surface area (Å²) in [5, 5.41) is 21.3. The number of phenols is 1. The zero-order valence-electron chi connectivity index (χ0n) is 13.2. The van der Waals surface area contributed by atoms with Crippen molar-refractivity contribution in [3.63, 3.8) is 0 Å². The summed E-state index contributed by atoms with van der Waals surface area (Å²) in [6.07, 6.45) is -1.07. The number of nitriles is 1. The molecule has 0 aromatic heterocycles. The van der Waals surface area contributed by atoms with Crippen LogP contribution in [0, 0.1) is 18.3 Å². The van der Waals surface area contributed by atoms with Gasteiger partial charge in [0.25, 0.3) is 5.91 Å². The van der Waals surface area contributed by atoms with Gasteiger partial charge < -0.3 is 15.2 Å². The number of carbonyl (C=O) groups excluding carboxylic acids is 2. The second-order valence-electron chi connectivity index (χ2n) is 5.20. The van der Waals surface area contributed by atoms with E-state index in [1.54, 1.807) is 37.3 Å². The molecule has 0 bridgehead atoms. The highest BCUT2D eigenvalue weighted by Crippen LogP contribution is 2.22. The normalized spacial score (nSPS) is 11.2. The zero-order valence-corrected chi connectivity index (χ0v) is 13.2. The van der Waals surface area contributed by atoms with E-state index >= 15 is 0 Å². The smallest absolute Gasteiger partial charge is 0.342 e. The third-order valence-electron chi connectivity index (χ3n) is 3.37. The first-order chi connectivity index (χ1) is 11.4. The van der Waals surface area contributed by atoms with Gasteiger partial charge in [0.15, 0.2) is 6.10 Å². The van der Waals surface area contributed by atoms with Gasteiger partial charge in [-0.25, -0.2) is 4.79 Å². The maximum Gasteiger partial charge on any atom is 0.342 e. The molecule has 2 rings (SSSR count). The fourth-order valence-electron chi connectivity index (χ4n) is 2.01. The molecule has 1 amide bonds. The lowest BCUT2D eigenvalue weighted by Gasteiger charge is -2.14. The fourth-order valence-corrected chi connectivity index (χ4v) is 2.01. The van der Waals surface area contributed by atoms with Crippen molar-refractivity contribution in [3.8, 4) is 11.8 Å². The van der Waals surface area contributed by atoms with Crippen molar-refractivity contribution in [1.29, 1.82) is 5.26 Å². The Morgan fingerprint density at radius 3 is 2.67 bits per heavy atom. The van der Waals surface area contributed by atoms with Gasteiger partial charge in [0.2, 0.25) is 0 Å². The molecule has 0 aliphatic heterocycles. The molecule has 0 radical (unpaired) electrons. The van der Waals surface area contributed by atoms with Crippen LogP contribution in [0.4, 0.5) is 5.69 Å². The summed E-state index contributed by atoms with van der Waals surface area (Å²) in [5.74, 6) is -1.49. The van der Waals surface area contributed by atoms with Gasteiger partial charge >= 0.3 is 5.97 Å². The number of aryl methyl sites for hydroxylation is 1. The van der Waals surface area contributed by atoms with E-state index in [1.165, 1.54) is 19.1 Å². The number of phenolic OH excluding ortho intramolecular Hbond substituents is 1. The van der Waals surface area contributed by atoms with E-state index in [0.29, 0.717) is 16.8 Å². The second-order valence-corrected chi connectivity index (χ2v) is 5.20. The number of rotatable bonds is 4. The molecule has 24 heavy (non-hydrogen) atoms. The Morgan fingerprint density at radius 2 is 1.96 bits per heavy atom. The van der Waals surface area contributed by atoms with E-state index in [2.05, 4.69) is 5.32 Å². The topological polar surface area (TPSA) is 99.4 Å². The Morgan fingerprint density at radius 1 is 1.25 bits per heavy atom. The van der Waals surface area contributed by atoms with Crippen LogP contribution in [0.2, 0.25) is 0 Å². The Hall–Kier alpha value is -3.33. The molecule has 0 saturated carbocycles. The number of hydrogen-bond acceptors (Lipinski definition) is 5. The monoisotopic (exact) mass is 324 g/mol. The van der Waals surface area contributed by atoms with Crippen molar-refractivity contribution in [1.82, 2.24) is 0 Å². The standard InChI is InChI=1S/C18H16N2O4/c1-11-5-3-8-15(16(11)21)18(23)24-12(2)17(22)20-14-7-4-6-13(9-14)10-19/h3-9,12,21H,1-2H3,(H,20,22). The van der Waals surface area contributed by atoms with Crippen molar-refractivity contribution >= 4 is 17.6 Å². The third kappa shape index (κ3) is 3.90. The Kier molecular flexibility index (Phi) is 5.17. The minimum Gasteiger partial charge on any atom is -0.507 e. The molecule has 0 spiro atoms. The largest absolute Gasteiger partial charge is 0.507 e. The lowest BCUT2D eigenvalue weighted by Crippen LogP contribution is -2.30. The van der Waals surface area contributed by atoms with Crippen molar-refractivity contribution in [2.75, 3.05) is 5.32 Å². The summed E-state index contributed by atoms with van der Waals surface area (Å²) in [5.41, 5.74) is 1.37. The Balaban J connectivity index is 2.04. The van der Waals surface area contributed by atoms with Gasteiger partial charge in [0.1, 0.15) is 11.3 Å². The highest BCUT2D eigenvalue weighted by Gasteiger charge is 2.21. The maximum atomic E-state index is 12.1. The van der Waals surface area contributed by atoms with Crippen LogP contribution in [0.15, 0.2) is 42.5 Å². The number of carbonyl (C=O) groups is 2. The van der Waals surface area contributed by atoms with Crippen LogP contribution in [0.3, 0.4) is 0 Å². The first-order valence-corrected chi connectivity index (χ1v) is 7.23. The van der Waals surface area contributed by atoms with E-state index in [9.17, 15) is 14.7 Å². The molecular formula is C18H16N2O4. The van der Waals surface area contributed by atoms with Gasteiger partial charge in [-0.15, -0.1) is 0 Å². The summed E-state index contributed by atoms with van der Waals surface area (Å²) < 4.78 is 5.09. The molecule has 6 nitrogen and oxygen atoms in total. The molecule has 2 aromatic rings. The number of aromatic hydroxyl groups is 1. The molecule has 6 heteroatoms. The predicted octanol–water partition coefficient (Wildman–Crippen LogP) is 2.76. The summed E-state index contributed by atoms with van der Waals surface area (Å²) in [6.45, 7) is 3.08. The average molecular weight is 324 g/mol. The van der Waals surface area contributed by atoms with Crippen LogP contribution in [0.5, 0.6) is 5.75 Å². The molecule has 1 unspecified atom stereocenters. The molecule has 0 aliphatic carbocycles. The highest BCUT2D eigenvalue weighted by atomic mass is 16.5. The van der Waals surface area contributed by atoms with Crippen molar-refractivity contribution in [2.45, 2.75) is 20.0 Å². The Bertz CT molecular complexity index is 824. The minimum absolute atomic E-state index is 0.00104. The quantitative estimate of drug-likeness (QED) is 0.842. The van der Waals surface area contributed by atoms with Gasteiger partial charge in [0, 0.05) is 5.69 Å².